The molecule has 1 aliphatic heterocycles. The van der Waals surface area contributed by atoms with Gasteiger partial charge in [-0.3, -0.25) is 4.98 Å². The highest BCUT2D eigenvalue weighted by Gasteiger charge is 2.35. The van der Waals surface area contributed by atoms with Gasteiger partial charge >= 0.3 is 0 Å². The minimum Gasteiger partial charge on any atom is -0.388 e. The van der Waals surface area contributed by atoms with E-state index in [-0.39, 0.29) is 6.04 Å². The van der Waals surface area contributed by atoms with E-state index in [1.807, 2.05) is 26.1 Å². The topological polar surface area (TPSA) is 54.4 Å². The molecule has 0 saturated carbocycles. The lowest BCUT2D eigenvalue weighted by molar-refractivity contribution is -0.0819. The molecule has 100 valence electrons. The van der Waals surface area contributed by atoms with Crippen molar-refractivity contribution in [2.75, 3.05) is 13.2 Å². The number of aromatic nitrogens is 1. The standard InChI is InChI=1S/C14H22N2O2/c1-11-9-13(3-6-15-11)10-16-12(2)14(17)4-7-18-8-5-14/h3,6,9,12,16-17H,4-5,7-8,10H2,1-2H3. The molecule has 4 nitrogen and oxygen atoms in total. The van der Waals surface area contributed by atoms with Crippen LogP contribution in [-0.4, -0.2) is 34.9 Å². The van der Waals surface area contributed by atoms with E-state index in [9.17, 15) is 5.11 Å². The third kappa shape index (κ3) is 3.28. The van der Waals surface area contributed by atoms with Crippen molar-refractivity contribution in [2.24, 2.45) is 0 Å². The Balaban J connectivity index is 1.89. The second-order valence-corrected chi connectivity index (χ2v) is 5.12. The Bertz CT molecular complexity index is 389. The van der Waals surface area contributed by atoms with Crippen molar-refractivity contribution < 1.29 is 9.84 Å². The fraction of sp³-hybridized carbons (Fsp3) is 0.643. The van der Waals surface area contributed by atoms with Crippen LogP contribution in [0.2, 0.25) is 0 Å². The summed E-state index contributed by atoms with van der Waals surface area (Å²) in [5.41, 5.74) is 1.58. The SMILES string of the molecule is Cc1cc(CNC(C)C2(O)CCOCC2)ccn1. The molecule has 0 bridgehead atoms. The van der Waals surface area contributed by atoms with Gasteiger partial charge in [0.1, 0.15) is 0 Å². The van der Waals surface area contributed by atoms with Crippen LogP contribution in [0.4, 0.5) is 0 Å². The Labute approximate surface area is 108 Å². The summed E-state index contributed by atoms with van der Waals surface area (Å²) in [6, 6.07) is 4.13. The maximum atomic E-state index is 10.5. The third-order valence-corrected chi connectivity index (χ3v) is 3.74. The summed E-state index contributed by atoms with van der Waals surface area (Å²) in [5.74, 6) is 0. The molecular weight excluding hydrogens is 228 g/mol. The number of ether oxygens (including phenoxy) is 1. The minimum atomic E-state index is -0.639. The van der Waals surface area contributed by atoms with Gasteiger partial charge in [0, 0.05) is 50.5 Å². The number of aryl methyl sites for hydroxylation is 1. The highest BCUT2D eigenvalue weighted by molar-refractivity contribution is 5.15. The summed E-state index contributed by atoms with van der Waals surface area (Å²) < 4.78 is 5.30. The molecule has 0 aromatic carbocycles. The largest absolute Gasteiger partial charge is 0.388 e. The third-order valence-electron chi connectivity index (χ3n) is 3.74. The predicted molar refractivity (Wildman–Crippen MR) is 70.3 cm³/mol. The first-order valence-electron chi connectivity index (χ1n) is 6.55. The van der Waals surface area contributed by atoms with Crippen LogP contribution in [0, 0.1) is 6.92 Å². The normalized spacial score (nSPS) is 20.6. The predicted octanol–water partition coefficient (Wildman–Crippen LogP) is 1.41. The van der Waals surface area contributed by atoms with Crippen LogP contribution in [-0.2, 0) is 11.3 Å². The Morgan fingerprint density at radius 1 is 1.50 bits per heavy atom. The molecule has 1 saturated heterocycles. The molecule has 2 rings (SSSR count). The number of nitrogens with zero attached hydrogens (tertiary/aromatic N) is 1. The lowest BCUT2D eigenvalue weighted by atomic mass is 9.87. The fourth-order valence-corrected chi connectivity index (χ4v) is 2.33. The zero-order chi connectivity index (χ0) is 13.0. The number of hydrogen-bond donors (Lipinski definition) is 2. The van der Waals surface area contributed by atoms with Gasteiger partial charge in [-0.2, -0.15) is 0 Å². The molecule has 1 atom stereocenters. The molecule has 2 heterocycles. The average Bonchev–Trinajstić information content (AvgIpc) is 2.37. The number of hydrogen-bond acceptors (Lipinski definition) is 4. The van der Waals surface area contributed by atoms with E-state index in [1.165, 1.54) is 5.56 Å². The molecule has 1 aromatic rings. The molecule has 2 N–H and O–H groups in total. The quantitative estimate of drug-likeness (QED) is 0.848. The Morgan fingerprint density at radius 2 is 2.22 bits per heavy atom. The maximum Gasteiger partial charge on any atom is 0.0841 e. The van der Waals surface area contributed by atoms with Crippen molar-refractivity contribution in [1.29, 1.82) is 0 Å². The van der Waals surface area contributed by atoms with Gasteiger partial charge in [-0.1, -0.05) is 0 Å². The highest BCUT2D eigenvalue weighted by Crippen LogP contribution is 2.24. The van der Waals surface area contributed by atoms with Gasteiger partial charge in [0.05, 0.1) is 5.60 Å². The van der Waals surface area contributed by atoms with Crippen LogP contribution in [0.1, 0.15) is 31.0 Å². The van der Waals surface area contributed by atoms with Crippen molar-refractivity contribution in [3.63, 3.8) is 0 Å². The van der Waals surface area contributed by atoms with E-state index in [1.54, 1.807) is 0 Å². The number of aliphatic hydroxyl groups is 1. The van der Waals surface area contributed by atoms with Gasteiger partial charge in [-0.15, -0.1) is 0 Å². The summed E-state index contributed by atoms with van der Waals surface area (Å²) >= 11 is 0. The molecule has 0 amide bonds. The monoisotopic (exact) mass is 250 g/mol. The molecule has 1 unspecified atom stereocenters. The Morgan fingerprint density at radius 3 is 2.89 bits per heavy atom. The fourth-order valence-electron chi connectivity index (χ4n) is 2.33. The van der Waals surface area contributed by atoms with E-state index in [0.29, 0.717) is 26.1 Å². The highest BCUT2D eigenvalue weighted by atomic mass is 16.5. The zero-order valence-electron chi connectivity index (χ0n) is 11.1. The van der Waals surface area contributed by atoms with E-state index in [2.05, 4.69) is 16.4 Å². The van der Waals surface area contributed by atoms with Gasteiger partial charge in [-0.05, 0) is 31.5 Å². The summed E-state index contributed by atoms with van der Waals surface area (Å²) in [5, 5.41) is 13.9. The zero-order valence-corrected chi connectivity index (χ0v) is 11.1. The smallest absolute Gasteiger partial charge is 0.0841 e. The summed E-state index contributed by atoms with van der Waals surface area (Å²) in [7, 11) is 0. The van der Waals surface area contributed by atoms with Crippen LogP contribution in [0.3, 0.4) is 0 Å². The van der Waals surface area contributed by atoms with E-state index >= 15 is 0 Å². The molecule has 1 aromatic heterocycles. The van der Waals surface area contributed by atoms with Gasteiger partial charge in [-0.25, -0.2) is 0 Å². The molecule has 0 spiro atoms. The first-order chi connectivity index (χ1) is 8.60. The van der Waals surface area contributed by atoms with Crippen LogP contribution in [0.5, 0.6) is 0 Å². The number of nitrogens with one attached hydrogen (secondary N) is 1. The summed E-state index contributed by atoms with van der Waals surface area (Å²) in [6.45, 7) is 6.08. The first kappa shape index (κ1) is 13.5. The second kappa shape index (κ2) is 5.78. The van der Waals surface area contributed by atoms with E-state index in [4.69, 9.17) is 4.74 Å². The molecule has 1 fully saturated rings. The van der Waals surface area contributed by atoms with Gasteiger partial charge in [0.25, 0.3) is 0 Å². The number of rotatable bonds is 4. The molecule has 0 radical (unpaired) electrons. The van der Waals surface area contributed by atoms with Crippen molar-refractivity contribution in [1.82, 2.24) is 10.3 Å². The van der Waals surface area contributed by atoms with E-state index in [0.717, 1.165) is 12.2 Å². The summed E-state index contributed by atoms with van der Waals surface area (Å²) in [4.78, 5) is 4.18. The molecule has 18 heavy (non-hydrogen) atoms. The van der Waals surface area contributed by atoms with Crippen molar-refractivity contribution in [3.05, 3.63) is 29.6 Å². The van der Waals surface area contributed by atoms with Crippen LogP contribution >= 0.6 is 0 Å². The summed E-state index contributed by atoms with van der Waals surface area (Å²) in [6.07, 6.45) is 3.23. The lowest BCUT2D eigenvalue weighted by Crippen LogP contribution is -2.51. The van der Waals surface area contributed by atoms with Crippen LogP contribution < -0.4 is 5.32 Å². The average molecular weight is 250 g/mol. The van der Waals surface area contributed by atoms with Crippen LogP contribution in [0.15, 0.2) is 18.3 Å². The lowest BCUT2D eigenvalue weighted by Gasteiger charge is -2.37. The van der Waals surface area contributed by atoms with Crippen LogP contribution in [0.25, 0.3) is 0 Å². The molecule has 1 aliphatic rings. The van der Waals surface area contributed by atoms with Crippen molar-refractivity contribution in [3.8, 4) is 0 Å². The first-order valence-corrected chi connectivity index (χ1v) is 6.55. The molecular formula is C14H22N2O2. The Kier molecular flexibility index (Phi) is 4.32. The van der Waals surface area contributed by atoms with Gasteiger partial charge in [0.2, 0.25) is 0 Å². The number of pyridine rings is 1. The molecule has 0 aliphatic carbocycles. The van der Waals surface area contributed by atoms with Crippen molar-refractivity contribution >= 4 is 0 Å². The van der Waals surface area contributed by atoms with Gasteiger partial charge < -0.3 is 15.2 Å². The van der Waals surface area contributed by atoms with E-state index < -0.39 is 5.60 Å². The minimum absolute atomic E-state index is 0.0647. The Hall–Kier alpha value is -0.970. The maximum absolute atomic E-state index is 10.5. The van der Waals surface area contributed by atoms with Crippen molar-refractivity contribution in [2.45, 2.75) is 44.9 Å². The van der Waals surface area contributed by atoms with Gasteiger partial charge in [0.15, 0.2) is 0 Å². The molecule has 4 heteroatoms. The second-order valence-electron chi connectivity index (χ2n) is 5.12.